The normalized spacial score (nSPS) is 17.1. The number of sulfonamides is 1. The van der Waals surface area contributed by atoms with E-state index in [9.17, 15) is 27.9 Å². The van der Waals surface area contributed by atoms with Crippen molar-refractivity contribution in [2.24, 2.45) is 17.8 Å². The zero-order valence-corrected chi connectivity index (χ0v) is 27.5. The maximum absolute atomic E-state index is 13.1. The van der Waals surface area contributed by atoms with Gasteiger partial charge in [-0.05, 0) is 103 Å². The van der Waals surface area contributed by atoms with Crippen molar-refractivity contribution in [1.29, 1.82) is 0 Å². The molecule has 2 aliphatic rings. The van der Waals surface area contributed by atoms with Gasteiger partial charge in [-0.15, -0.1) is 36.2 Å². The third-order valence-corrected chi connectivity index (χ3v) is 10.9. The molecule has 16 heteroatoms. The van der Waals surface area contributed by atoms with Crippen LogP contribution in [0.1, 0.15) is 62.1 Å². The van der Waals surface area contributed by atoms with Crippen LogP contribution in [-0.4, -0.2) is 81.6 Å². The highest BCUT2D eigenvalue weighted by Crippen LogP contribution is 2.27. The Bertz CT molecular complexity index is 1090. The largest absolute Gasteiger partial charge is 0.480 e. The molecular formula is C26H46Cl2N6O6S2. The summed E-state index contributed by atoms with van der Waals surface area (Å²) in [4.78, 5) is 41.4. The molecule has 2 saturated heterocycles. The maximum Gasteiger partial charge on any atom is 0.323 e. The summed E-state index contributed by atoms with van der Waals surface area (Å²) in [7, 11) is -4.13. The molecule has 0 aromatic carbocycles. The molecule has 0 bridgehead atoms. The zero-order chi connectivity index (χ0) is 29.1. The lowest BCUT2D eigenvalue weighted by molar-refractivity contribution is -0.139. The van der Waals surface area contributed by atoms with E-state index in [0.29, 0.717) is 16.8 Å². The van der Waals surface area contributed by atoms with Crippen LogP contribution in [0, 0.1) is 31.6 Å². The fourth-order valence-corrected chi connectivity index (χ4v) is 8.08. The number of nitrogens with one attached hydrogen (secondary N) is 5. The van der Waals surface area contributed by atoms with Crippen LogP contribution >= 0.6 is 36.2 Å². The average Bonchev–Trinajstić information content (AvgIpc) is 3.29. The smallest absolute Gasteiger partial charge is 0.323 e. The number of carbonyl (C=O) groups is 3. The van der Waals surface area contributed by atoms with Crippen molar-refractivity contribution in [2.45, 2.75) is 75.5 Å². The molecule has 3 rings (SSSR count). The predicted octanol–water partition coefficient (Wildman–Crippen LogP) is 1.74. The Morgan fingerprint density at radius 2 is 1.48 bits per heavy atom. The van der Waals surface area contributed by atoms with E-state index < -0.39 is 34.5 Å². The Morgan fingerprint density at radius 3 is 1.93 bits per heavy atom. The van der Waals surface area contributed by atoms with E-state index in [2.05, 4.69) is 31.0 Å². The van der Waals surface area contributed by atoms with Gasteiger partial charge in [-0.3, -0.25) is 14.4 Å². The number of carboxylic acid groups (broad SMARTS) is 1. The number of halogens is 2. The van der Waals surface area contributed by atoms with E-state index in [-0.39, 0.29) is 53.1 Å². The third-order valence-electron chi connectivity index (χ3n) is 7.76. The first-order valence-electron chi connectivity index (χ1n) is 14.2. The Balaban J connectivity index is 0.00000441. The molecule has 2 aliphatic heterocycles. The van der Waals surface area contributed by atoms with Crippen LogP contribution < -0.4 is 26.0 Å². The van der Waals surface area contributed by atoms with Crippen molar-refractivity contribution >= 4 is 64.0 Å². The molecule has 2 amide bonds. The van der Waals surface area contributed by atoms with Crippen LogP contribution in [0.2, 0.25) is 0 Å². The molecule has 0 radical (unpaired) electrons. The van der Waals surface area contributed by atoms with Gasteiger partial charge in [-0.1, -0.05) is 0 Å². The first kappa shape index (κ1) is 38.5. The Hall–Kier alpha value is -1.55. The van der Waals surface area contributed by atoms with Gasteiger partial charge in [-0.2, -0.15) is 4.72 Å². The molecule has 12 nitrogen and oxygen atoms in total. The van der Waals surface area contributed by atoms with Gasteiger partial charge in [-0.25, -0.2) is 13.4 Å². The lowest BCUT2D eigenvalue weighted by Gasteiger charge is -2.27. The molecule has 1 unspecified atom stereocenters. The van der Waals surface area contributed by atoms with Crippen LogP contribution in [0.5, 0.6) is 0 Å². The molecule has 1 aromatic heterocycles. The number of carbonyl (C=O) groups excluding carboxylic acids is 2. The summed E-state index contributed by atoms with van der Waals surface area (Å²) in [5, 5.41) is 22.0. The van der Waals surface area contributed by atoms with Crippen molar-refractivity contribution in [3.63, 3.8) is 0 Å². The number of amides is 2. The second kappa shape index (κ2) is 19.0. The quantitative estimate of drug-likeness (QED) is 0.162. The standard InChI is InChI=1S/C26H44N6O6S2.2ClH/c1-17-26(39-18(2)31-17)40(37,38)32-22(25(35)36)15-29-23(33)16-30-24(34)21(5-3-19-7-11-27-12-8-19)6-4-20-9-13-28-14-10-20;;/h19-22,27-28,32H,3-16H2,1-2H3,(H,29,33)(H,30,34)(H,35,36);2*1H. The first-order chi connectivity index (χ1) is 19.0. The van der Waals surface area contributed by atoms with Gasteiger partial charge in [0, 0.05) is 12.5 Å². The van der Waals surface area contributed by atoms with E-state index in [1.807, 2.05) is 0 Å². The van der Waals surface area contributed by atoms with Crippen LogP contribution in [0.15, 0.2) is 4.21 Å². The van der Waals surface area contributed by atoms with Crippen molar-refractivity contribution < 1.29 is 27.9 Å². The summed E-state index contributed by atoms with van der Waals surface area (Å²) in [6, 6.07) is -1.57. The van der Waals surface area contributed by atoms with Crippen molar-refractivity contribution in [3.8, 4) is 0 Å². The van der Waals surface area contributed by atoms with Gasteiger partial charge in [0.2, 0.25) is 11.8 Å². The minimum Gasteiger partial charge on any atom is -0.480 e. The summed E-state index contributed by atoms with van der Waals surface area (Å²) in [6.45, 7) is 6.45. The van der Waals surface area contributed by atoms with E-state index in [0.717, 1.165) is 88.9 Å². The number of nitrogens with zero attached hydrogens (tertiary/aromatic N) is 1. The van der Waals surface area contributed by atoms with Crippen LogP contribution in [0.25, 0.3) is 0 Å². The van der Waals surface area contributed by atoms with E-state index in [1.165, 1.54) is 6.92 Å². The number of hydrogen-bond acceptors (Lipinski definition) is 9. The van der Waals surface area contributed by atoms with E-state index in [1.54, 1.807) is 6.92 Å². The van der Waals surface area contributed by atoms with Gasteiger partial charge in [0.15, 0.2) is 4.21 Å². The van der Waals surface area contributed by atoms with Crippen molar-refractivity contribution in [1.82, 2.24) is 31.0 Å². The SMILES string of the molecule is Cc1nc(C)c(S(=O)(=O)NC(CNC(=O)CNC(=O)C(CCC2CCNCC2)CCC2CCNCC2)C(=O)O)s1.Cl.Cl. The van der Waals surface area contributed by atoms with Gasteiger partial charge < -0.3 is 26.4 Å². The van der Waals surface area contributed by atoms with E-state index in [4.69, 9.17) is 0 Å². The lowest BCUT2D eigenvalue weighted by Crippen LogP contribution is -2.50. The molecule has 0 saturated carbocycles. The lowest BCUT2D eigenvalue weighted by atomic mass is 9.84. The molecule has 1 atom stereocenters. The minimum absolute atomic E-state index is 0. The maximum atomic E-state index is 13.1. The predicted molar refractivity (Wildman–Crippen MR) is 167 cm³/mol. The number of thiazole rings is 1. The van der Waals surface area contributed by atoms with Crippen LogP contribution in [0.4, 0.5) is 0 Å². The number of hydrogen-bond donors (Lipinski definition) is 6. The summed E-state index contributed by atoms with van der Waals surface area (Å²) < 4.78 is 27.4. The molecule has 0 aliphatic carbocycles. The molecule has 6 N–H and O–H groups in total. The van der Waals surface area contributed by atoms with E-state index >= 15 is 0 Å². The number of aliphatic carboxylic acids is 1. The minimum atomic E-state index is -4.13. The van der Waals surface area contributed by atoms with Crippen molar-refractivity contribution in [2.75, 3.05) is 39.3 Å². The first-order valence-corrected chi connectivity index (χ1v) is 16.5. The highest BCUT2D eigenvalue weighted by Gasteiger charge is 2.29. The fraction of sp³-hybridized carbons (Fsp3) is 0.769. The number of aromatic nitrogens is 1. The summed E-state index contributed by atoms with van der Waals surface area (Å²) in [6.07, 6.45) is 7.98. The highest BCUT2D eigenvalue weighted by molar-refractivity contribution is 7.91. The number of rotatable bonds is 15. The van der Waals surface area contributed by atoms with Crippen LogP contribution in [-0.2, 0) is 24.4 Å². The molecule has 1 aromatic rings. The number of carboxylic acids is 1. The summed E-state index contributed by atoms with van der Waals surface area (Å²) >= 11 is 0.944. The topological polar surface area (TPSA) is 179 Å². The monoisotopic (exact) mass is 672 g/mol. The number of piperidine rings is 2. The second-order valence-electron chi connectivity index (χ2n) is 10.9. The third kappa shape index (κ3) is 12.6. The van der Waals surface area contributed by atoms with Gasteiger partial charge in [0.1, 0.15) is 6.04 Å². The fourth-order valence-electron chi connectivity index (χ4n) is 5.39. The Kier molecular flexibility index (Phi) is 17.4. The zero-order valence-electron chi connectivity index (χ0n) is 24.3. The molecule has 0 spiro atoms. The molecule has 3 heterocycles. The molecular weight excluding hydrogens is 627 g/mol. The molecule has 242 valence electrons. The highest BCUT2D eigenvalue weighted by atomic mass is 35.5. The second-order valence-corrected chi connectivity index (χ2v) is 14.0. The average molecular weight is 674 g/mol. The summed E-state index contributed by atoms with van der Waals surface area (Å²) in [5.74, 6) is -1.14. The van der Waals surface area contributed by atoms with Gasteiger partial charge in [0.25, 0.3) is 10.0 Å². The van der Waals surface area contributed by atoms with Crippen molar-refractivity contribution in [3.05, 3.63) is 10.7 Å². The summed E-state index contributed by atoms with van der Waals surface area (Å²) in [5.41, 5.74) is 0.278. The Morgan fingerprint density at radius 1 is 0.952 bits per heavy atom. The van der Waals surface area contributed by atoms with Gasteiger partial charge in [0.05, 0.1) is 17.2 Å². The molecule has 42 heavy (non-hydrogen) atoms. The Labute approximate surface area is 265 Å². The van der Waals surface area contributed by atoms with Crippen LogP contribution in [0.3, 0.4) is 0 Å². The number of aryl methyl sites for hydroxylation is 2. The molecule has 2 fully saturated rings. The van der Waals surface area contributed by atoms with Gasteiger partial charge >= 0.3 is 5.97 Å².